The van der Waals surface area contributed by atoms with Crippen LogP contribution < -0.4 is 9.47 Å². The number of halogens is 3. The van der Waals surface area contributed by atoms with Crippen LogP contribution in [-0.4, -0.2) is 22.7 Å². The quantitative estimate of drug-likeness (QED) is 0.248. The topological polar surface area (TPSA) is 55.8 Å². The number of hydrogen-bond donors (Lipinski definition) is 0. The zero-order chi connectivity index (χ0) is 24.9. The summed E-state index contributed by atoms with van der Waals surface area (Å²) in [6, 6.07) is 18.2. The first kappa shape index (κ1) is 25.6. The Kier molecular flexibility index (Phi) is 8.44. The van der Waals surface area contributed by atoms with Crippen molar-refractivity contribution in [1.82, 2.24) is 4.90 Å². The van der Waals surface area contributed by atoms with Crippen LogP contribution in [0, 0.1) is 0 Å². The summed E-state index contributed by atoms with van der Waals surface area (Å²) in [6.45, 7) is 2.74. The van der Waals surface area contributed by atoms with E-state index < -0.39 is 0 Å². The average molecular weight is 593 g/mol. The molecule has 1 fully saturated rings. The Hall–Kier alpha value is -2.45. The van der Waals surface area contributed by atoms with E-state index >= 15 is 0 Å². The number of imide groups is 1. The molecule has 0 unspecified atom stereocenters. The third-order valence-electron chi connectivity index (χ3n) is 5.07. The molecule has 1 heterocycles. The molecule has 1 aliphatic heterocycles. The zero-order valence-corrected chi connectivity index (χ0v) is 22.5. The van der Waals surface area contributed by atoms with Crippen LogP contribution in [0.15, 0.2) is 70.0 Å². The third-order valence-corrected chi connectivity index (χ3v) is 7.16. The smallest absolute Gasteiger partial charge is 0.293 e. The number of thioether (sulfide) groups is 1. The van der Waals surface area contributed by atoms with E-state index in [9.17, 15) is 9.59 Å². The summed E-state index contributed by atoms with van der Waals surface area (Å²) in [5.74, 6) is 0.685. The van der Waals surface area contributed by atoms with Gasteiger partial charge in [-0.2, -0.15) is 0 Å². The van der Waals surface area contributed by atoms with Crippen molar-refractivity contribution in [2.75, 3.05) is 6.61 Å². The number of hydrogen-bond acceptors (Lipinski definition) is 5. The first-order valence-corrected chi connectivity index (χ1v) is 13.0. The predicted octanol–water partition coefficient (Wildman–Crippen LogP) is 7.97. The van der Waals surface area contributed by atoms with Crippen LogP contribution in [-0.2, 0) is 17.9 Å². The Morgan fingerprint density at radius 1 is 1.03 bits per heavy atom. The number of benzene rings is 3. The van der Waals surface area contributed by atoms with Gasteiger partial charge in [0.25, 0.3) is 11.1 Å². The summed E-state index contributed by atoms with van der Waals surface area (Å²) in [7, 11) is 0. The molecule has 0 aromatic heterocycles. The third kappa shape index (κ3) is 6.22. The van der Waals surface area contributed by atoms with E-state index in [4.69, 9.17) is 32.7 Å². The van der Waals surface area contributed by atoms with Gasteiger partial charge >= 0.3 is 0 Å². The molecule has 0 atom stereocenters. The number of ether oxygens (including phenoxy) is 2. The summed E-state index contributed by atoms with van der Waals surface area (Å²) >= 11 is 16.7. The monoisotopic (exact) mass is 591 g/mol. The van der Waals surface area contributed by atoms with Crippen molar-refractivity contribution in [1.29, 1.82) is 0 Å². The second-order valence-electron chi connectivity index (χ2n) is 7.54. The Morgan fingerprint density at radius 3 is 2.51 bits per heavy atom. The summed E-state index contributed by atoms with van der Waals surface area (Å²) in [5, 5.41) is 0.760. The van der Waals surface area contributed by atoms with E-state index in [1.54, 1.807) is 30.3 Å². The molecule has 0 spiro atoms. The normalized spacial score (nSPS) is 14.6. The highest BCUT2D eigenvalue weighted by atomic mass is 79.9. The molecule has 3 aromatic carbocycles. The molecule has 1 saturated heterocycles. The molecule has 0 saturated carbocycles. The summed E-state index contributed by atoms with van der Waals surface area (Å²) in [4.78, 5) is 27.0. The lowest BCUT2D eigenvalue weighted by atomic mass is 10.1. The van der Waals surface area contributed by atoms with Crippen LogP contribution in [0.2, 0.25) is 10.0 Å². The number of rotatable bonds is 8. The van der Waals surface area contributed by atoms with Crippen molar-refractivity contribution in [3.05, 3.63) is 96.8 Å². The molecule has 4 rings (SSSR count). The van der Waals surface area contributed by atoms with Crippen LogP contribution in [0.25, 0.3) is 6.08 Å². The predicted molar refractivity (Wildman–Crippen MR) is 144 cm³/mol. The van der Waals surface area contributed by atoms with Crippen molar-refractivity contribution in [3.8, 4) is 11.5 Å². The highest BCUT2D eigenvalue weighted by molar-refractivity contribution is 9.10. The molecule has 5 nitrogen and oxygen atoms in total. The standard InChI is InChI=1S/C26H20BrCl2NO4S/c1-2-33-22-11-17(10-20(27)24(22)34-15-18-8-9-19(28)13-21(18)29)12-23-25(31)30(26(32)35-23)14-16-6-4-3-5-7-16/h3-13H,2,14-15H2,1H3/b23-12-. The number of carbonyl (C=O) groups excluding carboxylic acids is 2. The van der Waals surface area contributed by atoms with Crippen molar-refractivity contribution in [3.63, 3.8) is 0 Å². The van der Waals surface area contributed by atoms with Gasteiger partial charge < -0.3 is 9.47 Å². The molecule has 1 aliphatic rings. The van der Waals surface area contributed by atoms with Gasteiger partial charge in [0.1, 0.15) is 6.61 Å². The fourth-order valence-corrected chi connectivity index (χ4v) is 5.29. The van der Waals surface area contributed by atoms with E-state index in [0.29, 0.717) is 43.1 Å². The maximum Gasteiger partial charge on any atom is 0.293 e. The Morgan fingerprint density at radius 2 is 1.80 bits per heavy atom. The average Bonchev–Trinajstić information content (AvgIpc) is 3.08. The number of nitrogens with zero attached hydrogens (tertiary/aromatic N) is 1. The fraction of sp³-hybridized carbons (Fsp3) is 0.154. The molecule has 0 radical (unpaired) electrons. The Balaban J connectivity index is 1.56. The van der Waals surface area contributed by atoms with Crippen molar-refractivity contribution >= 4 is 68.1 Å². The first-order valence-electron chi connectivity index (χ1n) is 10.7. The fourth-order valence-electron chi connectivity index (χ4n) is 3.42. The molecule has 35 heavy (non-hydrogen) atoms. The largest absolute Gasteiger partial charge is 0.490 e. The van der Waals surface area contributed by atoms with E-state index in [0.717, 1.165) is 22.9 Å². The highest BCUT2D eigenvalue weighted by Crippen LogP contribution is 2.40. The summed E-state index contributed by atoms with van der Waals surface area (Å²) < 4.78 is 12.5. The van der Waals surface area contributed by atoms with Crippen LogP contribution in [0.3, 0.4) is 0 Å². The van der Waals surface area contributed by atoms with E-state index in [1.165, 1.54) is 4.90 Å². The van der Waals surface area contributed by atoms with Crippen LogP contribution in [0.1, 0.15) is 23.6 Å². The maximum atomic E-state index is 12.9. The van der Waals surface area contributed by atoms with Gasteiger partial charge in [-0.05, 0) is 76.1 Å². The Bertz CT molecular complexity index is 1300. The van der Waals surface area contributed by atoms with Gasteiger partial charge in [-0.3, -0.25) is 14.5 Å². The van der Waals surface area contributed by atoms with E-state index in [-0.39, 0.29) is 24.3 Å². The molecular weight excluding hydrogens is 573 g/mol. The summed E-state index contributed by atoms with van der Waals surface area (Å²) in [5.41, 5.74) is 2.36. The molecule has 3 aromatic rings. The molecule has 180 valence electrons. The van der Waals surface area contributed by atoms with Gasteiger partial charge in [-0.1, -0.05) is 59.6 Å². The van der Waals surface area contributed by atoms with Crippen molar-refractivity contribution < 1.29 is 19.1 Å². The minimum Gasteiger partial charge on any atom is -0.490 e. The van der Waals surface area contributed by atoms with Gasteiger partial charge in [0.2, 0.25) is 0 Å². The molecular formula is C26H20BrCl2NO4S. The SMILES string of the molecule is CCOc1cc(/C=C2\SC(=O)N(Cc3ccccc3)C2=O)cc(Br)c1OCc1ccc(Cl)cc1Cl. The zero-order valence-electron chi connectivity index (χ0n) is 18.6. The van der Waals surface area contributed by atoms with E-state index in [2.05, 4.69) is 15.9 Å². The molecule has 0 bridgehead atoms. The Labute approximate surface area is 226 Å². The highest BCUT2D eigenvalue weighted by Gasteiger charge is 2.35. The minimum absolute atomic E-state index is 0.215. The van der Waals surface area contributed by atoms with Gasteiger partial charge in [0.15, 0.2) is 11.5 Å². The van der Waals surface area contributed by atoms with Crippen molar-refractivity contribution in [2.45, 2.75) is 20.1 Å². The van der Waals surface area contributed by atoms with E-state index in [1.807, 2.05) is 43.3 Å². The number of amides is 2. The van der Waals surface area contributed by atoms with Gasteiger partial charge in [-0.15, -0.1) is 0 Å². The lowest BCUT2D eigenvalue weighted by Crippen LogP contribution is -2.27. The van der Waals surface area contributed by atoms with Gasteiger partial charge in [-0.25, -0.2) is 0 Å². The molecule has 0 aliphatic carbocycles. The maximum absolute atomic E-state index is 12.9. The van der Waals surface area contributed by atoms with Gasteiger partial charge in [0.05, 0.1) is 22.5 Å². The number of carbonyl (C=O) groups is 2. The lowest BCUT2D eigenvalue weighted by molar-refractivity contribution is -0.123. The summed E-state index contributed by atoms with van der Waals surface area (Å²) in [6.07, 6.45) is 1.68. The first-order chi connectivity index (χ1) is 16.9. The lowest BCUT2D eigenvalue weighted by Gasteiger charge is -2.15. The van der Waals surface area contributed by atoms with Crippen molar-refractivity contribution in [2.24, 2.45) is 0 Å². The molecule has 0 N–H and O–H groups in total. The second-order valence-corrected chi connectivity index (χ2v) is 10.2. The molecule has 2 amide bonds. The van der Waals surface area contributed by atoms with Crippen LogP contribution in [0.4, 0.5) is 4.79 Å². The van der Waals surface area contributed by atoms with Crippen LogP contribution in [0.5, 0.6) is 11.5 Å². The van der Waals surface area contributed by atoms with Crippen LogP contribution >= 0.6 is 50.9 Å². The second kappa shape index (κ2) is 11.5. The van der Waals surface area contributed by atoms with Gasteiger partial charge in [0, 0.05) is 15.6 Å². The molecule has 9 heteroatoms. The minimum atomic E-state index is -0.323.